The summed E-state index contributed by atoms with van der Waals surface area (Å²) in [5.74, 6) is 3.51. The van der Waals surface area contributed by atoms with Crippen LogP contribution < -0.4 is 5.32 Å². The molecule has 2 aliphatic carbocycles. The van der Waals surface area contributed by atoms with Crippen molar-refractivity contribution >= 4 is 5.82 Å². The lowest BCUT2D eigenvalue weighted by Crippen LogP contribution is -2.30. The molecule has 18 heavy (non-hydrogen) atoms. The molecule has 94 valence electrons. The second-order valence-electron chi connectivity index (χ2n) is 5.79. The Labute approximate surface area is 108 Å². The second-order valence-corrected chi connectivity index (χ2v) is 5.79. The zero-order valence-corrected chi connectivity index (χ0v) is 10.8. The number of anilines is 1. The molecule has 3 rings (SSSR count). The normalized spacial score (nSPS) is 31.0. The van der Waals surface area contributed by atoms with Gasteiger partial charge in [-0.05, 0) is 56.1 Å². The highest BCUT2D eigenvalue weighted by molar-refractivity contribution is 5.39. The van der Waals surface area contributed by atoms with Crippen molar-refractivity contribution in [3.8, 4) is 6.07 Å². The number of pyridine rings is 1. The number of hydrogen-bond acceptors (Lipinski definition) is 3. The van der Waals surface area contributed by atoms with E-state index >= 15 is 0 Å². The molecule has 4 atom stereocenters. The minimum atomic E-state index is 0.460. The molecular weight excluding hydrogens is 222 g/mol. The van der Waals surface area contributed by atoms with Gasteiger partial charge in [0.1, 0.15) is 17.6 Å². The molecule has 4 unspecified atom stereocenters. The third-order valence-corrected chi connectivity index (χ3v) is 4.67. The lowest BCUT2D eigenvalue weighted by molar-refractivity contribution is 0.304. The van der Waals surface area contributed by atoms with Crippen LogP contribution in [-0.2, 0) is 0 Å². The molecule has 2 saturated carbocycles. The molecule has 1 aromatic heterocycles. The Morgan fingerprint density at radius 2 is 2.28 bits per heavy atom. The number of rotatable bonds is 3. The van der Waals surface area contributed by atoms with Crippen molar-refractivity contribution in [3.63, 3.8) is 0 Å². The van der Waals surface area contributed by atoms with E-state index in [9.17, 15) is 0 Å². The second kappa shape index (κ2) is 4.61. The lowest BCUT2D eigenvalue weighted by atomic mass is 9.84. The van der Waals surface area contributed by atoms with E-state index in [1.807, 2.05) is 12.1 Å². The molecule has 2 aliphatic rings. The predicted octanol–water partition coefficient (Wildman–Crippen LogP) is 3.19. The molecule has 0 aromatic carbocycles. The van der Waals surface area contributed by atoms with Crippen molar-refractivity contribution in [1.29, 1.82) is 5.26 Å². The Morgan fingerprint density at radius 3 is 2.94 bits per heavy atom. The van der Waals surface area contributed by atoms with Crippen molar-refractivity contribution < 1.29 is 0 Å². The van der Waals surface area contributed by atoms with Crippen LogP contribution in [0.4, 0.5) is 5.82 Å². The van der Waals surface area contributed by atoms with Crippen molar-refractivity contribution in [3.05, 3.63) is 23.9 Å². The van der Waals surface area contributed by atoms with Gasteiger partial charge in [-0.1, -0.05) is 12.5 Å². The van der Waals surface area contributed by atoms with E-state index < -0.39 is 0 Å². The Morgan fingerprint density at radius 1 is 1.39 bits per heavy atom. The first-order valence-corrected chi connectivity index (χ1v) is 6.90. The van der Waals surface area contributed by atoms with Crippen LogP contribution >= 0.6 is 0 Å². The highest BCUT2D eigenvalue weighted by Crippen LogP contribution is 2.49. The summed E-state index contributed by atoms with van der Waals surface area (Å²) in [7, 11) is 0. The van der Waals surface area contributed by atoms with Gasteiger partial charge in [0.05, 0.1) is 0 Å². The molecule has 0 saturated heterocycles. The topological polar surface area (TPSA) is 48.7 Å². The van der Waals surface area contributed by atoms with Crippen LogP contribution in [0.15, 0.2) is 18.2 Å². The third-order valence-electron chi connectivity index (χ3n) is 4.67. The summed E-state index contributed by atoms with van der Waals surface area (Å²) in [5, 5.41) is 12.3. The van der Waals surface area contributed by atoms with Crippen molar-refractivity contribution in [2.45, 2.75) is 38.6 Å². The Kier molecular flexibility index (Phi) is 2.95. The van der Waals surface area contributed by atoms with Crippen LogP contribution in [0.5, 0.6) is 0 Å². The molecule has 3 heteroatoms. The monoisotopic (exact) mass is 241 g/mol. The van der Waals surface area contributed by atoms with Gasteiger partial charge < -0.3 is 5.32 Å². The minimum Gasteiger partial charge on any atom is -0.367 e. The summed E-state index contributed by atoms with van der Waals surface area (Å²) in [6.07, 6.45) is 5.65. The molecule has 2 fully saturated rings. The molecular formula is C15H19N3. The Hall–Kier alpha value is -1.56. The first kappa shape index (κ1) is 11.5. The van der Waals surface area contributed by atoms with Crippen LogP contribution in [-0.4, -0.2) is 11.0 Å². The van der Waals surface area contributed by atoms with Crippen molar-refractivity contribution in [2.75, 3.05) is 5.32 Å². The van der Waals surface area contributed by atoms with Gasteiger partial charge in [-0.3, -0.25) is 0 Å². The number of aromatic nitrogens is 1. The maximum absolute atomic E-state index is 8.85. The maximum atomic E-state index is 8.85. The van der Waals surface area contributed by atoms with Gasteiger partial charge in [0.25, 0.3) is 0 Å². The predicted molar refractivity (Wildman–Crippen MR) is 71.0 cm³/mol. The summed E-state index contributed by atoms with van der Waals surface area (Å²) in [6.45, 7) is 2.26. The number of nitrogens with zero attached hydrogens (tertiary/aromatic N) is 2. The van der Waals surface area contributed by atoms with Gasteiger partial charge in [0.15, 0.2) is 0 Å². The quantitative estimate of drug-likeness (QED) is 0.884. The Balaban J connectivity index is 1.67. The maximum Gasteiger partial charge on any atom is 0.142 e. The molecule has 0 aliphatic heterocycles. The molecule has 0 spiro atoms. The number of nitriles is 1. The molecule has 0 amide bonds. The van der Waals surface area contributed by atoms with Gasteiger partial charge in [0, 0.05) is 6.04 Å². The summed E-state index contributed by atoms with van der Waals surface area (Å²) >= 11 is 0. The fourth-order valence-corrected chi connectivity index (χ4v) is 3.82. The van der Waals surface area contributed by atoms with E-state index in [4.69, 9.17) is 5.26 Å². The first-order chi connectivity index (χ1) is 8.76. The highest BCUT2D eigenvalue weighted by atomic mass is 15.0. The van der Waals surface area contributed by atoms with Gasteiger partial charge in [-0.25, -0.2) is 4.98 Å². The minimum absolute atomic E-state index is 0.460. The van der Waals surface area contributed by atoms with Crippen LogP contribution in [0, 0.1) is 29.1 Å². The summed E-state index contributed by atoms with van der Waals surface area (Å²) in [4.78, 5) is 4.29. The smallest absolute Gasteiger partial charge is 0.142 e. The third kappa shape index (κ3) is 2.08. The number of hydrogen-bond donors (Lipinski definition) is 1. The van der Waals surface area contributed by atoms with Gasteiger partial charge in [-0.2, -0.15) is 5.26 Å². The van der Waals surface area contributed by atoms with Gasteiger partial charge >= 0.3 is 0 Å². The van der Waals surface area contributed by atoms with E-state index in [0.717, 1.165) is 23.6 Å². The number of nitrogens with one attached hydrogen (secondary N) is 1. The van der Waals surface area contributed by atoms with E-state index in [2.05, 4.69) is 23.3 Å². The fourth-order valence-electron chi connectivity index (χ4n) is 3.82. The molecule has 1 N–H and O–H groups in total. The average Bonchev–Trinajstić information content (AvgIpc) is 3.01. The summed E-state index contributed by atoms with van der Waals surface area (Å²) in [5.41, 5.74) is 0.486. The summed E-state index contributed by atoms with van der Waals surface area (Å²) < 4.78 is 0. The van der Waals surface area contributed by atoms with Crippen LogP contribution in [0.3, 0.4) is 0 Å². The summed E-state index contributed by atoms with van der Waals surface area (Å²) in [6, 6.07) is 8.13. The molecule has 3 nitrogen and oxygen atoms in total. The van der Waals surface area contributed by atoms with Crippen molar-refractivity contribution in [1.82, 2.24) is 4.98 Å². The van der Waals surface area contributed by atoms with E-state index in [0.29, 0.717) is 11.7 Å². The molecule has 0 radical (unpaired) electrons. The zero-order valence-electron chi connectivity index (χ0n) is 10.8. The molecule has 2 bridgehead atoms. The SMILES string of the molecule is CC(Nc1cccc(C#N)n1)C1CC2CCC1C2. The zero-order chi connectivity index (χ0) is 12.5. The number of fused-ring (bicyclic) bond motifs is 2. The largest absolute Gasteiger partial charge is 0.367 e. The molecule has 1 aromatic rings. The lowest BCUT2D eigenvalue weighted by Gasteiger charge is -2.28. The first-order valence-electron chi connectivity index (χ1n) is 6.90. The van der Waals surface area contributed by atoms with Crippen molar-refractivity contribution in [2.24, 2.45) is 17.8 Å². The standard InChI is InChI=1S/C15H19N3/c1-10(14-8-11-5-6-12(14)7-11)17-15-4-2-3-13(9-16)18-15/h2-4,10-12,14H,5-8H2,1H3,(H,17,18). The Bertz CT molecular complexity index is 477. The van der Waals surface area contributed by atoms with Gasteiger partial charge in [-0.15, -0.1) is 0 Å². The van der Waals surface area contributed by atoms with Crippen LogP contribution in [0.2, 0.25) is 0 Å². The van der Waals surface area contributed by atoms with Gasteiger partial charge in [0.2, 0.25) is 0 Å². The fraction of sp³-hybridized carbons (Fsp3) is 0.600. The van der Waals surface area contributed by atoms with Crippen LogP contribution in [0.25, 0.3) is 0 Å². The average molecular weight is 241 g/mol. The van der Waals surface area contributed by atoms with E-state index in [1.165, 1.54) is 25.7 Å². The highest BCUT2D eigenvalue weighted by Gasteiger charge is 2.41. The van der Waals surface area contributed by atoms with Crippen LogP contribution in [0.1, 0.15) is 38.3 Å². The van der Waals surface area contributed by atoms with E-state index in [1.54, 1.807) is 6.07 Å². The molecule has 1 heterocycles. The van der Waals surface area contributed by atoms with E-state index in [-0.39, 0.29) is 0 Å².